The maximum absolute atomic E-state index is 3.11. The first-order valence-electron chi connectivity index (χ1n) is 7.99. The molecule has 4 rings (SSSR count). The number of hydrogen-bond donors (Lipinski definition) is 0. The molecule has 128 valence electrons. The molecule has 0 amide bonds. The Hall–Kier alpha value is -0.747. The maximum atomic E-state index is 3.11. The smallest absolute Gasteiger partial charge is 1.00 e. The summed E-state index contributed by atoms with van der Waals surface area (Å²) < 4.78 is 0. The zero-order valence-corrected chi connectivity index (χ0v) is 18.8. The fourth-order valence-corrected chi connectivity index (χ4v) is 2.95. The molecule has 0 heterocycles. The molecule has 0 saturated carbocycles. The molecule has 0 aliphatic heterocycles. The van der Waals surface area contributed by atoms with E-state index in [0.29, 0.717) is 0 Å². The molecule has 0 spiro atoms. The molecule has 0 bridgehead atoms. The molecule has 25 heavy (non-hydrogen) atoms. The molecule has 3 aromatic rings. The number of halogens is 2. The molecule has 3 aromatic carbocycles. The van der Waals surface area contributed by atoms with E-state index >= 15 is 0 Å². The normalized spacial score (nSPS) is 11.7. The summed E-state index contributed by atoms with van der Waals surface area (Å²) in [6.45, 7) is 6.44. The van der Waals surface area contributed by atoms with Gasteiger partial charge in [0, 0.05) is 0 Å². The second-order valence-electron chi connectivity index (χ2n) is 6.01. The number of aryl methyl sites for hydroxylation is 2. The third kappa shape index (κ3) is 5.88. The van der Waals surface area contributed by atoms with Crippen molar-refractivity contribution in [2.75, 3.05) is 0 Å². The Balaban J connectivity index is 0.000000501. The second kappa shape index (κ2) is 11.1. The van der Waals surface area contributed by atoms with Gasteiger partial charge >= 0.3 is 26.2 Å². The van der Waals surface area contributed by atoms with Gasteiger partial charge in [-0.15, -0.1) is 46.2 Å². The first-order chi connectivity index (χ1) is 10.7. The van der Waals surface area contributed by atoms with Crippen LogP contribution in [-0.2, 0) is 26.2 Å². The summed E-state index contributed by atoms with van der Waals surface area (Å²) >= 11 is 0. The molecule has 1 aliphatic rings. The minimum atomic E-state index is 0. The molecular weight excluding hydrogens is 426 g/mol. The van der Waals surface area contributed by atoms with Crippen molar-refractivity contribution in [1.82, 2.24) is 0 Å². The first-order valence-corrected chi connectivity index (χ1v) is 7.99. The Labute approximate surface area is 182 Å². The fraction of sp³-hybridized carbons (Fsp3) is 0.227. The summed E-state index contributed by atoms with van der Waals surface area (Å²) in [6, 6.07) is 15.6. The zero-order valence-electron chi connectivity index (χ0n) is 14.9. The van der Waals surface area contributed by atoms with Gasteiger partial charge in [0.05, 0.1) is 0 Å². The van der Waals surface area contributed by atoms with E-state index in [1.165, 1.54) is 38.2 Å². The van der Waals surface area contributed by atoms with E-state index in [1.54, 1.807) is 0 Å². The topological polar surface area (TPSA) is 0 Å². The number of allylic oxidation sites excluding steroid dienone is 4. The number of rotatable bonds is 1. The van der Waals surface area contributed by atoms with Gasteiger partial charge in [-0.2, -0.15) is 6.08 Å². The molecule has 0 fully saturated rings. The Bertz CT molecular complexity index is 816. The average Bonchev–Trinajstić information content (AvgIpc) is 3.13. The Morgan fingerprint density at radius 1 is 0.920 bits per heavy atom. The van der Waals surface area contributed by atoms with Crippen molar-refractivity contribution in [3.63, 3.8) is 0 Å². The summed E-state index contributed by atoms with van der Waals surface area (Å²) in [6.07, 6.45) is 9.57. The molecule has 0 atom stereocenters. The molecule has 0 radical (unpaired) electrons. The van der Waals surface area contributed by atoms with Crippen molar-refractivity contribution in [2.45, 2.75) is 33.6 Å². The molecule has 3 heteroatoms. The van der Waals surface area contributed by atoms with Crippen LogP contribution < -0.4 is 24.8 Å². The van der Waals surface area contributed by atoms with Crippen molar-refractivity contribution < 1.29 is 51.0 Å². The van der Waals surface area contributed by atoms with Crippen molar-refractivity contribution in [2.24, 2.45) is 0 Å². The van der Waals surface area contributed by atoms with Crippen LogP contribution in [-0.4, -0.2) is 0 Å². The zero-order chi connectivity index (χ0) is 15.5. The SMILES string of the molecule is CCC1=CC[C-]=C1.Cc1ccc2c(c1)[cH-]c1cc(C)ccc12.[Cl-].[Cl-].[Zr+4]. The number of benzene rings is 2. The van der Waals surface area contributed by atoms with E-state index < -0.39 is 0 Å². The Kier molecular flexibility index (Phi) is 10.7. The van der Waals surface area contributed by atoms with Gasteiger partial charge in [-0.3, -0.25) is 6.08 Å². The van der Waals surface area contributed by atoms with E-state index in [0.717, 1.165) is 12.8 Å². The van der Waals surface area contributed by atoms with E-state index in [2.05, 4.69) is 81.5 Å². The minimum absolute atomic E-state index is 0. The monoisotopic (exact) mass is 446 g/mol. The first kappa shape index (κ1) is 24.3. The van der Waals surface area contributed by atoms with Gasteiger partial charge in [0.25, 0.3) is 0 Å². The summed E-state index contributed by atoms with van der Waals surface area (Å²) in [7, 11) is 0. The largest absolute Gasteiger partial charge is 4.00 e. The van der Waals surface area contributed by atoms with Crippen molar-refractivity contribution in [3.8, 4) is 0 Å². The predicted molar refractivity (Wildman–Crippen MR) is 97.3 cm³/mol. The van der Waals surface area contributed by atoms with Gasteiger partial charge in [-0.1, -0.05) is 48.7 Å². The summed E-state index contributed by atoms with van der Waals surface area (Å²) in [5.74, 6) is 0. The van der Waals surface area contributed by atoms with Crippen LogP contribution >= 0.6 is 0 Å². The third-order valence-electron chi connectivity index (χ3n) is 4.19. The van der Waals surface area contributed by atoms with E-state index in [-0.39, 0.29) is 51.0 Å². The molecule has 0 unspecified atom stereocenters. The molecular formula is C22H22Cl2Zr. The van der Waals surface area contributed by atoms with Crippen LogP contribution in [0.5, 0.6) is 0 Å². The minimum Gasteiger partial charge on any atom is -1.00 e. The van der Waals surface area contributed by atoms with Gasteiger partial charge in [0.2, 0.25) is 0 Å². The number of hydrogen-bond acceptors (Lipinski definition) is 0. The van der Waals surface area contributed by atoms with Gasteiger partial charge in [-0.25, -0.2) is 11.6 Å². The summed E-state index contributed by atoms with van der Waals surface area (Å²) in [4.78, 5) is 0. The third-order valence-corrected chi connectivity index (χ3v) is 4.19. The molecule has 1 aliphatic carbocycles. The fourth-order valence-electron chi connectivity index (χ4n) is 2.95. The predicted octanol–water partition coefficient (Wildman–Crippen LogP) is 0.420. The van der Waals surface area contributed by atoms with E-state index in [1.807, 2.05) is 0 Å². The van der Waals surface area contributed by atoms with Crippen molar-refractivity contribution in [3.05, 3.63) is 77.4 Å². The van der Waals surface area contributed by atoms with Crippen molar-refractivity contribution in [1.29, 1.82) is 0 Å². The molecule has 0 N–H and O–H groups in total. The van der Waals surface area contributed by atoms with E-state index in [4.69, 9.17) is 0 Å². The van der Waals surface area contributed by atoms with Crippen LogP contribution in [0, 0.1) is 19.9 Å². The van der Waals surface area contributed by atoms with Gasteiger partial charge in [0.15, 0.2) is 0 Å². The quantitative estimate of drug-likeness (QED) is 0.474. The molecule has 0 saturated heterocycles. The second-order valence-corrected chi connectivity index (χ2v) is 6.01. The van der Waals surface area contributed by atoms with Crippen LogP contribution in [0.4, 0.5) is 0 Å². The van der Waals surface area contributed by atoms with Crippen LogP contribution in [0.3, 0.4) is 0 Å². The van der Waals surface area contributed by atoms with Crippen LogP contribution in [0.2, 0.25) is 0 Å². The number of fused-ring (bicyclic) bond motifs is 3. The standard InChI is InChI=1S/C15H13.C7H9.2ClH.Zr/c1-10-3-5-14-12(7-10)9-13-8-11(2)4-6-15(13)14;1-2-7-5-3-4-6-7;;;/h3-9H,1-2H3;5-6H,2-3H2,1H3;2*1H;/q2*-1;;;+4/p-2. The molecule has 0 nitrogen and oxygen atoms in total. The Morgan fingerprint density at radius 3 is 1.80 bits per heavy atom. The maximum Gasteiger partial charge on any atom is 4.00 e. The Morgan fingerprint density at radius 2 is 1.44 bits per heavy atom. The van der Waals surface area contributed by atoms with Crippen molar-refractivity contribution >= 4 is 21.5 Å². The van der Waals surface area contributed by atoms with E-state index in [9.17, 15) is 0 Å². The summed E-state index contributed by atoms with van der Waals surface area (Å²) in [5.41, 5.74) is 4.09. The van der Waals surface area contributed by atoms with Crippen LogP contribution in [0.25, 0.3) is 21.5 Å². The van der Waals surface area contributed by atoms with Crippen LogP contribution in [0.1, 0.15) is 30.9 Å². The van der Waals surface area contributed by atoms with Gasteiger partial charge in [0.1, 0.15) is 0 Å². The van der Waals surface area contributed by atoms with Crippen LogP contribution in [0.15, 0.2) is 60.2 Å². The summed E-state index contributed by atoms with van der Waals surface area (Å²) in [5, 5.41) is 5.46. The average molecular weight is 449 g/mol. The van der Waals surface area contributed by atoms with Gasteiger partial charge < -0.3 is 24.8 Å². The molecule has 0 aromatic heterocycles. The van der Waals surface area contributed by atoms with Gasteiger partial charge in [-0.05, 0) is 13.8 Å².